The van der Waals surface area contributed by atoms with E-state index in [1.54, 1.807) is 12.5 Å². The summed E-state index contributed by atoms with van der Waals surface area (Å²) in [5.41, 5.74) is 0.965. The fraction of sp³-hybridized carbons (Fsp3) is 0.682. The second-order valence-electron chi connectivity index (χ2n) is 9.28. The molecule has 0 aromatic heterocycles. The second kappa shape index (κ2) is 6.02. The van der Waals surface area contributed by atoms with E-state index in [4.69, 9.17) is 28.4 Å². The van der Waals surface area contributed by atoms with Gasteiger partial charge in [-0.25, -0.2) is 4.79 Å². The molecule has 6 heterocycles. The fourth-order valence-corrected chi connectivity index (χ4v) is 6.75. The summed E-state index contributed by atoms with van der Waals surface area (Å²) in [5, 5.41) is 10.4. The molecule has 0 radical (unpaired) electrons. The summed E-state index contributed by atoms with van der Waals surface area (Å²) in [7, 11) is 0. The van der Waals surface area contributed by atoms with Crippen LogP contribution in [0.3, 0.4) is 0 Å². The molecule has 0 bridgehead atoms. The van der Waals surface area contributed by atoms with Crippen LogP contribution in [-0.2, 0) is 33.2 Å². The average molecular weight is 418 g/mol. The number of allylic oxidation sites excluding steroid dienone is 1. The van der Waals surface area contributed by atoms with Crippen LogP contribution in [0, 0.1) is 29.6 Å². The van der Waals surface area contributed by atoms with Crippen molar-refractivity contribution in [3.63, 3.8) is 0 Å². The largest absolute Gasteiger partial charge is 0.490 e. The molecule has 0 amide bonds. The molecule has 2 saturated carbocycles. The first-order chi connectivity index (χ1) is 14.0. The number of rotatable bonds is 0. The molecule has 30 heavy (non-hydrogen) atoms. The molecule has 4 saturated heterocycles. The average Bonchev–Trinajstić information content (AvgIpc) is 3.50. The highest BCUT2D eigenvalue weighted by atomic mass is 16.7. The van der Waals surface area contributed by atoms with Crippen LogP contribution < -0.4 is 0 Å². The summed E-state index contributed by atoms with van der Waals surface area (Å²) < 4.78 is 32.8. The van der Waals surface area contributed by atoms with Crippen molar-refractivity contribution < 1.29 is 38.3 Å². The van der Waals surface area contributed by atoms with Crippen molar-refractivity contribution in [1.82, 2.24) is 0 Å². The van der Waals surface area contributed by atoms with E-state index in [1.807, 2.05) is 0 Å². The normalized spacial score (nSPS) is 51.8. The Hall–Kier alpha value is -2.03. The first kappa shape index (κ1) is 18.7. The predicted molar refractivity (Wildman–Crippen MR) is 100 cm³/mol. The number of hydrogen-bond donors (Lipinski definition) is 1. The maximum absolute atomic E-state index is 11.4. The summed E-state index contributed by atoms with van der Waals surface area (Å²) in [6, 6.07) is 0. The Balaban J connectivity index is 0.000000113. The van der Waals surface area contributed by atoms with Crippen LogP contribution in [0.1, 0.15) is 20.3 Å². The monoisotopic (exact) mass is 418 g/mol. The van der Waals surface area contributed by atoms with E-state index in [0.717, 1.165) is 24.2 Å². The van der Waals surface area contributed by atoms with Crippen LogP contribution >= 0.6 is 0 Å². The van der Waals surface area contributed by atoms with Crippen molar-refractivity contribution in [3.05, 3.63) is 36.0 Å². The lowest BCUT2D eigenvalue weighted by Gasteiger charge is -2.29. The lowest BCUT2D eigenvalue weighted by molar-refractivity contribution is -0.139. The summed E-state index contributed by atoms with van der Waals surface area (Å²) in [6.45, 7) is 4.96. The van der Waals surface area contributed by atoms with Gasteiger partial charge in [0.05, 0.1) is 37.2 Å². The molecular weight excluding hydrogens is 392 g/mol. The Morgan fingerprint density at radius 2 is 1.83 bits per heavy atom. The first-order valence-corrected chi connectivity index (χ1v) is 10.3. The lowest BCUT2D eigenvalue weighted by Crippen LogP contribution is -2.39. The van der Waals surface area contributed by atoms with Crippen LogP contribution in [-0.4, -0.2) is 54.7 Å². The molecule has 0 aromatic carbocycles. The Morgan fingerprint density at radius 3 is 2.70 bits per heavy atom. The van der Waals surface area contributed by atoms with E-state index in [-0.39, 0.29) is 55.9 Å². The van der Waals surface area contributed by atoms with Gasteiger partial charge in [-0.2, -0.15) is 0 Å². The smallest absolute Gasteiger partial charge is 0.337 e. The van der Waals surface area contributed by atoms with Crippen molar-refractivity contribution in [3.8, 4) is 0 Å². The standard InChI is InChI=1S/C11H12O4.C10H10O4.CH4/c1-5-6-3-13-10-9-8(6)7(15-5)2-11(9,12)4-14-10;11-9-5-3-13-10-7-4(2-12-10)1-6(14-9)8(5)7;/h3,7-10,12H,1-2,4H2;3-4,6-8,10H,1-2H2;1H4/t7-,8-,9+,10+,11+;4-,6-,7+,8-,10-;/m00./s1. The molecule has 8 heteroatoms. The van der Waals surface area contributed by atoms with Crippen LogP contribution in [0.4, 0.5) is 0 Å². The summed E-state index contributed by atoms with van der Waals surface area (Å²) in [5.74, 6) is 1.85. The van der Waals surface area contributed by atoms with Gasteiger partial charge in [0, 0.05) is 29.7 Å². The maximum atomic E-state index is 11.4. The van der Waals surface area contributed by atoms with Crippen molar-refractivity contribution in [1.29, 1.82) is 0 Å². The molecule has 0 unspecified atom stereocenters. The quantitative estimate of drug-likeness (QED) is 0.593. The summed E-state index contributed by atoms with van der Waals surface area (Å²) >= 11 is 0. The molecule has 6 aliphatic heterocycles. The minimum absolute atomic E-state index is 0. The highest BCUT2D eigenvalue weighted by Crippen LogP contribution is 2.58. The minimum atomic E-state index is -0.764. The molecule has 6 fully saturated rings. The summed E-state index contributed by atoms with van der Waals surface area (Å²) in [4.78, 5) is 11.4. The van der Waals surface area contributed by atoms with Crippen LogP contribution in [0.2, 0.25) is 0 Å². The van der Waals surface area contributed by atoms with Gasteiger partial charge >= 0.3 is 5.97 Å². The molecule has 1 N–H and O–H groups in total. The van der Waals surface area contributed by atoms with Gasteiger partial charge in [0.15, 0.2) is 0 Å². The highest BCUT2D eigenvalue weighted by Gasteiger charge is 2.67. The number of hydrogen-bond acceptors (Lipinski definition) is 8. The molecule has 8 aliphatic rings. The molecule has 2 aliphatic carbocycles. The van der Waals surface area contributed by atoms with Crippen molar-refractivity contribution in [2.45, 2.75) is 50.7 Å². The third-order valence-corrected chi connectivity index (χ3v) is 7.92. The molecule has 0 aromatic rings. The minimum Gasteiger partial charge on any atom is -0.490 e. The third-order valence-electron chi connectivity index (χ3n) is 7.92. The number of ether oxygens (including phenoxy) is 6. The zero-order valence-electron chi connectivity index (χ0n) is 15.7. The van der Waals surface area contributed by atoms with Crippen molar-refractivity contribution >= 4 is 5.97 Å². The summed E-state index contributed by atoms with van der Waals surface area (Å²) in [6.07, 6.45) is 4.52. The Kier molecular flexibility index (Phi) is 3.76. The van der Waals surface area contributed by atoms with E-state index >= 15 is 0 Å². The van der Waals surface area contributed by atoms with Gasteiger partial charge < -0.3 is 33.5 Å². The predicted octanol–water partition coefficient (Wildman–Crippen LogP) is 1.61. The van der Waals surface area contributed by atoms with Gasteiger partial charge in [0.1, 0.15) is 23.6 Å². The molecule has 8 rings (SSSR count). The highest BCUT2D eigenvalue weighted by molar-refractivity contribution is 5.91. The Labute approximate surface area is 174 Å². The molecule has 8 nitrogen and oxygen atoms in total. The number of esters is 1. The third kappa shape index (κ3) is 2.19. The van der Waals surface area contributed by atoms with Crippen molar-refractivity contribution in [2.24, 2.45) is 29.6 Å². The second-order valence-corrected chi connectivity index (χ2v) is 9.28. The number of carbonyl (C=O) groups is 1. The Bertz CT molecular complexity index is 878. The molecule has 0 spiro atoms. The van der Waals surface area contributed by atoms with E-state index in [1.165, 1.54) is 0 Å². The van der Waals surface area contributed by atoms with E-state index in [9.17, 15) is 9.90 Å². The van der Waals surface area contributed by atoms with Crippen LogP contribution in [0.15, 0.2) is 36.0 Å². The molecular formula is C22H26O8. The van der Waals surface area contributed by atoms with Crippen LogP contribution in [0.5, 0.6) is 0 Å². The number of carbonyl (C=O) groups excluding carboxylic acids is 1. The van der Waals surface area contributed by atoms with Gasteiger partial charge in [-0.05, 0) is 12.3 Å². The molecule has 162 valence electrons. The van der Waals surface area contributed by atoms with Crippen molar-refractivity contribution in [2.75, 3.05) is 13.2 Å². The van der Waals surface area contributed by atoms with E-state index in [2.05, 4.69) is 6.58 Å². The van der Waals surface area contributed by atoms with Crippen LogP contribution in [0.25, 0.3) is 0 Å². The maximum Gasteiger partial charge on any atom is 0.337 e. The zero-order chi connectivity index (χ0) is 19.5. The van der Waals surface area contributed by atoms with E-state index in [0.29, 0.717) is 30.6 Å². The Morgan fingerprint density at radius 1 is 1.03 bits per heavy atom. The molecule has 10 atom stereocenters. The van der Waals surface area contributed by atoms with Gasteiger partial charge in [0.2, 0.25) is 12.6 Å². The van der Waals surface area contributed by atoms with Gasteiger partial charge in [0.25, 0.3) is 0 Å². The van der Waals surface area contributed by atoms with Gasteiger partial charge in [-0.15, -0.1) is 0 Å². The van der Waals surface area contributed by atoms with E-state index < -0.39 is 5.60 Å². The fourth-order valence-electron chi connectivity index (χ4n) is 6.75. The number of aliphatic hydroxyl groups is 1. The van der Waals surface area contributed by atoms with Gasteiger partial charge in [-0.1, -0.05) is 14.0 Å². The first-order valence-electron chi connectivity index (χ1n) is 10.3. The zero-order valence-corrected chi connectivity index (χ0v) is 15.7. The van der Waals surface area contributed by atoms with Gasteiger partial charge in [-0.3, -0.25) is 0 Å². The SMILES string of the molecule is C.C=C1O[C@H]2C[C@@]3(O)CO[C@H]4OC=C1[C@@H]2[C@H]43.O=C1O[C@H]2C[C@H]3CO[C@H]4OC=C1[C@@H]2[C@@H]34. The lowest BCUT2D eigenvalue weighted by atomic mass is 9.82. The topological polar surface area (TPSA) is 92.7 Å².